The zero-order chi connectivity index (χ0) is 11.9. The van der Waals surface area contributed by atoms with E-state index < -0.39 is 4.92 Å². The van der Waals surface area contributed by atoms with Crippen LogP contribution in [0.1, 0.15) is 5.56 Å². The highest BCUT2D eigenvalue weighted by Gasteiger charge is 2.16. The molecule has 0 fully saturated rings. The number of fused-ring (bicyclic) bond motifs is 1. The number of benzene rings is 1. The number of nitrogens with two attached hydrogens (primary N) is 2. The molecule has 0 saturated heterocycles. The normalized spacial score (nSPS) is 10.6. The quantitative estimate of drug-likeness (QED) is 0.545. The van der Waals surface area contributed by atoms with Gasteiger partial charge in [0, 0.05) is 11.6 Å². The lowest BCUT2D eigenvalue weighted by molar-refractivity contribution is -0.385. The molecule has 0 aliphatic heterocycles. The molecule has 0 aliphatic rings. The van der Waals surface area contributed by atoms with Gasteiger partial charge >= 0.3 is 0 Å². The second-order valence-corrected chi connectivity index (χ2v) is 3.33. The Labute approximate surface area is 90.3 Å². The van der Waals surface area contributed by atoms with E-state index in [-0.39, 0.29) is 17.5 Å². The third-order valence-electron chi connectivity index (χ3n) is 2.34. The zero-order valence-corrected chi connectivity index (χ0v) is 8.47. The van der Waals surface area contributed by atoms with Gasteiger partial charge in [-0.05, 0) is 13.0 Å². The predicted molar refractivity (Wildman–Crippen MR) is 59.8 cm³/mol. The summed E-state index contributed by atoms with van der Waals surface area (Å²) >= 11 is 0. The van der Waals surface area contributed by atoms with Gasteiger partial charge in [0.2, 0.25) is 5.95 Å². The number of nitro groups is 1. The second-order valence-electron chi connectivity index (χ2n) is 3.33. The van der Waals surface area contributed by atoms with Crippen molar-refractivity contribution in [1.29, 1.82) is 0 Å². The first-order valence-corrected chi connectivity index (χ1v) is 4.47. The molecule has 82 valence electrons. The molecule has 2 aromatic rings. The highest BCUT2D eigenvalue weighted by atomic mass is 16.6. The van der Waals surface area contributed by atoms with E-state index in [1.807, 2.05) is 0 Å². The van der Waals surface area contributed by atoms with Crippen molar-refractivity contribution in [1.82, 2.24) is 9.97 Å². The standard InChI is InChI=1S/C9H9N5O2/c1-4-6(14(15)16)3-2-5-7(4)8(10)13-9(11)12-5/h2-3H,1H3,(H4,10,11,12,13). The number of anilines is 2. The maximum absolute atomic E-state index is 10.7. The van der Waals surface area contributed by atoms with Crippen LogP contribution in [0.25, 0.3) is 10.9 Å². The molecule has 0 atom stereocenters. The molecule has 16 heavy (non-hydrogen) atoms. The molecule has 1 aromatic heterocycles. The lowest BCUT2D eigenvalue weighted by Crippen LogP contribution is -2.02. The topological polar surface area (TPSA) is 121 Å². The molecule has 1 heterocycles. The van der Waals surface area contributed by atoms with Crippen molar-refractivity contribution in [2.24, 2.45) is 0 Å². The second kappa shape index (κ2) is 3.30. The minimum atomic E-state index is -0.468. The Hall–Kier alpha value is -2.44. The monoisotopic (exact) mass is 219 g/mol. The van der Waals surface area contributed by atoms with E-state index >= 15 is 0 Å². The molecule has 7 nitrogen and oxygen atoms in total. The number of nitro benzene ring substituents is 1. The van der Waals surface area contributed by atoms with Crippen molar-refractivity contribution in [2.75, 3.05) is 11.5 Å². The van der Waals surface area contributed by atoms with Crippen LogP contribution in [0.5, 0.6) is 0 Å². The first kappa shape index (κ1) is 10.1. The van der Waals surface area contributed by atoms with Crippen molar-refractivity contribution in [3.8, 4) is 0 Å². The Balaban J connectivity index is 2.89. The molecule has 0 aliphatic carbocycles. The van der Waals surface area contributed by atoms with Gasteiger partial charge in [-0.3, -0.25) is 10.1 Å². The van der Waals surface area contributed by atoms with Crippen LogP contribution < -0.4 is 11.5 Å². The molecule has 4 N–H and O–H groups in total. The van der Waals surface area contributed by atoms with Crippen molar-refractivity contribution in [2.45, 2.75) is 6.92 Å². The number of rotatable bonds is 1. The maximum atomic E-state index is 10.7. The average molecular weight is 219 g/mol. The summed E-state index contributed by atoms with van der Waals surface area (Å²) < 4.78 is 0. The molecule has 0 unspecified atom stereocenters. The zero-order valence-electron chi connectivity index (χ0n) is 8.47. The molecule has 0 bridgehead atoms. The number of hydrogen-bond donors (Lipinski definition) is 2. The van der Waals surface area contributed by atoms with E-state index in [9.17, 15) is 10.1 Å². The van der Waals surface area contributed by atoms with E-state index in [1.54, 1.807) is 6.92 Å². The molecule has 0 saturated carbocycles. The number of hydrogen-bond acceptors (Lipinski definition) is 6. The number of nitrogens with zero attached hydrogens (tertiary/aromatic N) is 3. The summed E-state index contributed by atoms with van der Waals surface area (Å²) in [5.41, 5.74) is 12.1. The highest BCUT2D eigenvalue weighted by molar-refractivity contribution is 5.94. The Morgan fingerprint density at radius 1 is 1.31 bits per heavy atom. The van der Waals surface area contributed by atoms with E-state index in [1.165, 1.54) is 12.1 Å². The number of nitrogen functional groups attached to an aromatic ring is 2. The van der Waals surface area contributed by atoms with Crippen LogP contribution in [-0.2, 0) is 0 Å². The molecular formula is C9H9N5O2. The van der Waals surface area contributed by atoms with Crippen molar-refractivity contribution < 1.29 is 4.92 Å². The third-order valence-corrected chi connectivity index (χ3v) is 2.34. The molecule has 0 amide bonds. The van der Waals surface area contributed by atoms with Crippen LogP contribution in [0.15, 0.2) is 12.1 Å². The predicted octanol–water partition coefficient (Wildman–Crippen LogP) is 1.01. The van der Waals surface area contributed by atoms with Crippen molar-refractivity contribution in [3.05, 3.63) is 27.8 Å². The van der Waals surface area contributed by atoms with E-state index in [0.29, 0.717) is 16.5 Å². The van der Waals surface area contributed by atoms with Crippen molar-refractivity contribution >= 4 is 28.4 Å². The highest BCUT2D eigenvalue weighted by Crippen LogP contribution is 2.29. The van der Waals surface area contributed by atoms with Gasteiger partial charge in [-0.15, -0.1) is 0 Å². The summed E-state index contributed by atoms with van der Waals surface area (Å²) in [5, 5.41) is 11.2. The summed E-state index contributed by atoms with van der Waals surface area (Å²) in [7, 11) is 0. The van der Waals surface area contributed by atoms with Gasteiger partial charge in [-0.25, -0.2) is 4.98 Å². The van der Waals surface area contributed by atoms with Crippen LogP contribution in [0.3, 0.4) is 0 Å². The number of aromatic nitrogens is 2. The molecule has 1 aromatic carbocycles. The Morgan fingerprint density at radius 2 is 2.00 bits per heavy atom. The van der Waals surface area contributed by atoms with Gasteiger partial charge in [0.1, 0.15) is 5.82 Å². The lowest BCUT2D eigenvalue weighted by atomic mass is 10.1. The Morgan fingerprint density at radius 3 is 2.62 bits per heavy atom. The summed E-state index contributed by atoms with van der Waals surface area (Å²) in [6.07, 6.45) is 0. The minimum Gasteiger partial charge on any atom is -0.383 e. The molecule has 7 heteroatoms. The lowest BCUT2D eigenvalue weighted by Gasteiger charge is -2.05. The largest absolute Gasteiger partial charge is 0.383 e. The fourth-order valence-corrected chi connectivity index (χ4v) is 1.63. The fraction of sp³-hybridized carbons (Fsp3) is 0.111. The fourth-order valence-electron chi connectivity index (χ4n) is 1.63. The van der Waals surface area contributed by atoms with Gasteiger partial charge in [0.05, 0.1) is 15.8 Å². The summed E-state index contributed by atoms with van der Waals surface area (Å²) in [4.78, 5) is 18.0. The first-order valence-electron chi connectivity index (χ1n) is 4.47. The van der Waals surface area contributed by atoms with E-state index in [0.717, 1.165) is 0 Å². The van der Waals surface area contributed by atoms with Crippen LogP contribution in [0.4, 0.5) is 17.5 Å². The minimum absolute atomic E-state index is 0.00688. The summed E-state index contributed by atoms with van der Waals surface area (Å²) in [6, 6.07) is 2.89. The average Bonchev–Trinajstić information content (AvgIpc) is 2.15. The van der Waals surface area contributed by atoms with Gasteiger partial charge in [-0.2, -0.15) is 4.98 Å². The Bertz CT molecular complexity index is 596. The van der Waals surface area contributed by atoms with Gasteiger partial charge in [0.25, 0.3) is 5.69 Å². The van der Waals surface area contributed by atoms with Crippen LogP contribution in [-0.4, -0.2) is 14.9 Å². The van der Waals surface area contributed by atoms with Crippen molar-refractivity contribution in [3.63, 3.8) is 0 Å². The van der Waals surface area contributed by atoms with Gasteiger partial charge in [0.15, 0.2) is 0 Å². The summed E-state index contributed by atoms with van der Waals surface area (Å²) in [5.74, 6) is 0.210. The molecule has 2 rings (SSSR count). The van der Waals surface area contributed by atoms with E-state index in [2.05, 4.69) is 9.97 Å². The third kappa shape index (κ3) is 1.38. The maximum Gasteiger partial charge on any atom is 0.273 e. The van der Waals surface area contributed by atoms with Crippen LogP contribution in [0.2, 0.25) is 0 Å². The molecule has 0 spiro atoms. The smallest absolute Gasteiger partial charge is 0.273 e. The number of aryl methyl sites for hydroxylation is 1. The molecule has 0 radical (unpaired) electrons. The van der Waals surface area contributed by atoms with E-state index in [4.69, 9.17) is 11.5 Å². The van der Waals surface area contributed by atoms with Gasteiger partial charge < -0.3 is 11.5 Å². The first-order chi connectivity index (χ1) is 7.50. The van der Waals surface area contributed by atoms with Crippen LogP contribution in [0, 0.1) is 17.0 Å². The Kier molecular flexibility index (Phi) is 2.08. The van der Waals surface area contributed by atoms with Crippen LogP contribution >= 0.6 is 0 Å². The van der Waals surface area contributed by atoms with Gasteiger partial charge in [-0.1, -0.05) is 0 Å². The molecular weight excluding hydrogens is 210 g/mol. The summed E-state index contributed by atoms with van der Waals surface area (Å²) in [6.45, 7) is 1.61. The SMILES string of the molecule is Cc1c([N+](=O)[O-])ccc2nc(N)nc(N)c12.